The molecule has 1 saturated heterocycles. The van der Waals surface area contributed by atoms with Gasteiger partial charge in [0, 0.05) is 36.9 Å². The summed E-state index contributed by atoms with van der Waals surface area (Å²) in [7, 11) is 1.60. The van der Waals surface area contributed by atoms with E-state index in [2.05, 4.69) is 19.9 Å². The maximum Gasteiger partial charge on any atom is 0.303 e. The molecule has 192 valence electrons. The van der Waals surface area contributed by atoms with Crippen molar-refractivity contribution in [3.63, 3.8) is 0 Å². The van der Waals surface area contributed by atoms with Gasteiger partial charge in [0.15, 0.2) is 0 Å². The second-order valence-electron chi connectivity index (χ2n) is 9.72. The van der Waals surface area contributed by atoms with E-state index in [0.717, 1.165) is 61.8 Å². The van der Waals surface area contributed by atoms with E-state index in [0.29, 0.717) is 30.1 Å². The Hall–Kier alpha value is -3.13. The third-order valence-electron chi connectivity index (χ3n) is 7.37. The average molecular weight is 495 g/mol. The SMILES string of the molecule is COc1ccc2nccc(C(F)CC[C@@H]3CCN(CCCc4cncnc4)C[C@@H]3CCC(=O)O)c2c1. The number of carboxylic acids is 1. The molecule has 0 radical (unpaired) electrons. The van der Waals surface area contributed by atoms with E-state index >= 15 is 4.39 Å². The lowest BCUT2D eigenvalue weighted by Gasteiger charge is -2.39. The summed E-state index contributed by atoms with van der Waals surface area (Å²) in [6.45, 7) is 2.79. The highest BCUT2D eigenvalue weighted by atomic mass is 19.1. The molecule has 1 unspecified atom stereocenters. The number of benzene rings is 1. The Morgan fingerprint density at radius 2 is 2.06 bits per heavy atom. The van der Waals surface area contributed by atoms with Crippen LogP contribution in [0, 0.1) is 11.8 Å². The minimum atomic E-state index is -1.10. The molecule has 1 fully saturated rings. The number of pyridine rings is 1. The van der Waals surface area contributed by atoms with Crippen molar-refractivity contribution < 1.29 is 19.0 Å². The van der Waals surface area contributed by atoms with Crippen molar-refractivity contribution in [2.24, 2.45) is 11.8 Å². The van der Waals surface area contributed by atoms with E-state index < -0.39 is 12.1 Å². The zero-order chi connectivity index (χ0) is 25.3. The Kier molecular flexibility index (Phi) is 9.17. The number of carbonyl (C=O) groups is 1. The van der Waals surface area contributed by atoms with Crippen molar-refractivity contribution in [3.8, 4) is 5.75 Å². The van der Waals surface area contributed by atoms with Gasteiger partial charge in [-0.2, -0.15) is 0 Å². The van der Waals surface area contributed by atoms with Crippen molar-refractivity contribution >= 4 is 16.9 Å². The first-order chi connectivity index (χ1) is 17.5. The number of aromatic nitrogens is 3. The standard InChI is InChI=1S/C28H35FN4O3/c1-36-23-6-8-27-25(15-23)24(10-12-32-27)26(29)7-4-21-11-14-33(18-22(21)5-9-28(34)35)13-2-3-20-16-30-19-31-17-20/h6,8,10,12,15-17,19,21-22,26H,2-5,7,9,11,13-14,18H2,1H3,(H,34,35)/t21-,22+,26?/m1/s1. The molecule has 1 aromatic carbocycles. The minimum Gasteiger partial charge on any atom is -0.497 e. The molecular formula is C28H35FN4O3. The summed E-state index contributed by atoms with van der Waals surface area (Å²) in [5, 5.41) is 10.1. The lowest BCUT2D eigenvalue weighted by Crippen LogP contribution is -2.41. The number of ether oxygens (including phenoxy) is 1. The Bertz CT molecular complexity index is 1130. The predicted molar refractivity (Wildman–Crippen MR) is 137 cm³/mol. The number of halogens is 1. The number of alkyl halides is 1. The summed E-state index contributed by atoms with van der Waals surface area (Å²) in [6.07, 6.45) is 10.7. The van der Waals surface area contributed by atoms with Crippen LogP contribution in [0.5, 0.6) is 5.75 Å². The maximum absolute atomic E-state index is 15.5. The molecule has 4 rings (SSSR count). The first-order valence-corrected chi connectivity index (χ1v) is 12.8. The van der Waals surface area contributed by atoms with Crippen LogP contribution >= 0.6 is 0 Å². The summed E-state index contributed by atoms with van der Waals surface area (Å²) >= 11 is 0. The Morgan fingerprint density at radius 3 is 2.83 bits per heavy atom. The van der Waals surface area contributed by atoms with Crippen molar-refractivity contribution in [3.05, 3.63) is 60.3 Å². The van der Waals surface area contributed by atoms with Crippen LogP contribution in [0.4, 0.5) is 4.39 Å². The summed E-state index contributed by atoms with van der Waals surface area (Å²) in [6, 6.07) is 7.29. The van der Waals surface area contributed by atoms with Crippen molar-refractivity contribution in [1.82, 2.24) is 19.9 Å². The van der Waals surface area contributed by atoms with Crippen LogP contribution < -0.4 is 4.74 Å². The number of piperidine rings is 1. The molecule has 8 heteroatoms. The van der Waals surface area contributed by atoms with Gasteiger partial charge in [0.2, 0.25) is 0 Å². The zero-order valence-electron chi connectivity index (χ0n) is 20.9. The monoisotopic (exact) mass is 494 g/mol. The van der Waals surface area contributed by atoms with Crippen molar-refractivity contribution in [1.29, 1.82) is 0 Å². The number of methoxy groups -OCH3 is 1. The van der Waals surface area contributed by atoms with Crippen molar-refractivity contribution in [2.75, 3.05) is 26.7 Å². The average Bonchev–Trinajstić information content (AvgIpc) is 2.91. The van der Waals surface area contributed by atoms with E-state index in [1.807, 2.05) is 30.6 Å². The van der Waals surface area contributed by atoms with Crippen molar-refractivity contribution in [2.45, 2.75) is 51.1 Å². The summed E-state index contributed by atoms with van der Waals surface area (Å²) in [4.78, 5) is 26.2. The van der Waals surface area contributed by atoms with Crippen LogP contribution in [0.2, 0.25) is 0 Å². The molecule has 0 saturated carbocycles. The molecule has 2 aromatic heterocycles. The highest BCUT2D eigenvalue weighted by Gasteiger charge is 2.30. The van der Waals surface area contributed by atoms with E-state index in [-0.39, 0.29) is 12.3 Å². The van der Waals surface area contributed by atoms with Gasteiger partial charge < -0.3 is 14.7 Å². The molecule has 36 heavy (non-hydrogen) atoms. The molecule has 0 aliphatic carbocycles. The maximum atomic E-state index is 15.5. The lowest BCUT2D eigenvalue weighted by molar-refractivity contribution is -0.137. The number of aryl methyl sites for hydroxylation is 1. The van der Waals surface area contributed by atoms with Gasteiger partial charge >= 0.3 is 5.97 Å². The number of fused-ring (bicyclic) bond motifs is 1. The fraction of sp³-hybridized carbons (Fsp3) is 0.500. The Labute approximate surface area is 211 Å². The van der Waals surface area contributed by atoms with E-state index in [9.17, 15) is 9.90 Å². The Balaban J connectivity index is 1.35. The number of nitrogens with zero attached hydrogens (tertiary/aromatic N) is 4. The summed E-state index contributed by atoms with van der Waals surface area (Å²) < 4.78 is 20.8. The number of aliphatic carboxylic acids is 1. The number of rotatable bonds is 12. The first-order valence-electron chi connectivity index (χ1n) is 12.8. The molecule has 0 amide bonds. The highest BCUT2D eigenvalue weighted by molar-refractivity contribution is 5.83. The van der Waals surface area contributed by atoms with Gasteiger partial charge in [0.25, 0.3) is 0 Å². The number of carboxylic acid groups (broad SMARTS) is 1. The van der Waals surface area contributed by atoms with Gasteiger partial charge in [-0.05, 0) is 98.8 Å². The highest BCUT2D eigenvalue weighted by Crippen LogP contribution is 2.36. The third kappa shape index (κ3) is 6.97. The van der Waals surface area contributed by atoms with Gasteiger partial charge in [-0.25, -0.2) is 14.4 Å². The van der Waals surface area contributed by atoms with Crippen LogP contribution in [0.1, 0.15) is 55.8 Å². The second-order valence-corrected chi connectivity index (χ2v) is 9.72. The van der Waals surface area contributed by atoms with Gasteiger partial charge in [0.1, 0.15) is 18.2 Å². The molecule has 3 heterocycles. The van der Waals surface area contributed by atoms with Gasteiger partial charge in [-0.1, -0.05) is 0 Å². The molecule has 0 bridgehead atoms. The van der Waals surface area contributed by atoms with Crippen LogP contribution in [0.15, 0.2) is 49.2 Å². The molecule has 3 aromatic rings. The fourth-order valence-electron chi connectivity index (χ4n) is 5.40. The normalized spacial score (nSPS) is 19.3. The predicted octanol–water partition coefficient (Wildman–Crippen LogP) is 5.26. The second kappa shape index (κ2) is 12.7. The fourth-order valence-corrected chi connectivity index (χ4v) is 5.40. The van der Waals surface area contributed by atoms with Crippen LogP contribution in [0.25, 0.3) is 10.9 Å². The topological polar surface area (TPSA) is 88.4 Å². The first kappa shape index (κ1) is 25.9. The molecule has 1 aliphatic rings. The van der Waals surface area contributed by atoms with E-state index in [1.54, 1.807) is 19.4 Å². The minimum absolute atomic E-state index is 0.157. The summed E-state index contributed by atoms with van der Waals surface area (Å²) in [5.74, 6) is 0.501. The number of likely N-dealkylation sites (tertiary alicyclic amines) is 1. The van der Waals surface area contributed by atoms with Gasteiger partial charge in [-0.3, -0.25) is 9.78 Å². The van der Waals surface area contributed by atoms with Crippen LogP contribution in [-0.4, -0.2) is 57.7 Å². The quantitative estimate of drug-likeness (QED) is 0.367. The molecule has 1 N–H and O–H groups in total. The zero-order valence-corrected chi connectivity index (χ0v) is 20.9. The lowest BCUT2D eigenvalue weighted by atomic mass is 9.79. The molecule has 3 atom stereocenters. The van der Waals surface area contributed by atoms with Crippen LogP contribution in [-0.2, 0) is 11.2 Å². The molecular weight excluding hydrogens is 459 g/mol. The molecule has 7 nitrogen and oxygen atoms in total. The third-order valence-corrected chi connectivity index (χ3v) is 7.37. The van der Waals surface area contributed by atoms with Gasteiger partial charge in [-0.15, -0.1) is 0 Å². The largest absolute Gasteiger partial charge is 0.497 e. The molecule has 0 spiro atoms. The Morgan fingerprint density at radius 1 is 1.22 bits per heavy atom. The molecule has 1 aliphatic heterocycles. The summed E-state index contributed by atoms with van der Waals surface area (Å²) in [5.41, 5.74) is 2.53. The smallest absolute Gasteiger partial charge is 0.303 e. The van der Waals surface area contributed by atoms with E-state index in [4.69, 9.17) is 4.74 Å². The van der Waals surface area contributed by atoms with E-state index in [1.165, 1.54) is 6.33 Å². The number of hydrogen-bond donors (Lipinski definition) is 1. The van der Waals surface area contributed by atoms with Gasteiger partial charge in [0.05, 0.1) is 12.6 Å². The number of hydrogen-bond acceptors (Lipinski definition) is 6. The van der Waals surface area contributed by atoms with Crippen LogP contribution in [0.3, 0.4) is 0 Å².